The predicted octanol–water partition coefficient (Wildman–Crippen LogP) is 4.52. The summed E-state index contributed by atoms with van der Waals surface area (Å²) >= 11 is 1.40. The number of benzene rings is 1. The lowest BCUT2D eigenvalue weighted by Crippen LogP contribution is -2.64. The Morgan fingerprint density at radius 1 is 1.29 bits per heavy atom. The molecule has 1 aromatic heterocycles. The van der Waals surface area contributed by atoms with Gasteiger partial charge in [0.25, 0.3) is 11.1 Å². The van der Waals surface area contributed by atoms with Crippen LogP contribution in [0.15, 0.2) is 41.9 Å². The molecule has 8 nitrogen and oxygen atoms in total. The van der Waals surface area contributed by atoms with Crippen molar-refractivity contribution < 1.29 is 24.5 Å². The molecule has 0 bridgehead atoms. The van der Waals surface area contributed by atoms with E-state index in [-0.39, 0.29) is 11.5 Å². The van der Waals surface area contributed by atoms with E-state index in [1.54, 1.807) is 6.20 Å². The van der Waals surface area contributed by atoms with Gasteiger partial charge in [0.15, 0.2) is 6.10 Å². The number of nitrogens with one attached hydrogen (secondary N) is 2. The zero-order valence-corrected chi connectivity index (χ0v) is 20.6. The third-order valence-electron chi connectivity index (χ3n) is 6.78. The standard InChI is InChI=1S/C25H35N3O5S/c1-3-4-13-25(28-22(31)32,16-24(11-8-12-24)17-33-23-26-14-15-34-23)20(29)21(30)27-18(2)19-9-6-5-7-10-19/h5-7,9-10,14-15,18,20,28-29H,3-4,8,11-13,16-17H2,1-2H3,(H,27,30)(H,31,32)/t18-,20?,25?/m1/s1. The SMILES string of the molecule is CCCCC(CC1(COc2nccs2)CCC1)(NC(=O)O)C(O)C(=O)N[C@H](C)c1ccccc1. The lowest BCUT2D eigenvalue weighted by atomic mass is 9.61. The van der Waals surface area contributed by atoms with Gasteiger partial charge in [-0.2, -0.15) is 0 Å². The summed E-state index contributed by atoms with van der Waals surface area (Å²) in [6, 6.07) is 9.13. The first-order chi connectivity index (χ1) is 16.3. The average Bonchev–Trinajstić information content (AvgIpc) is 3.32. The number of unbranched alkanes of at least 4 members (excludes halogenated alkanes) is 1. The van der Waals surface area contributed by atoms with Gasteiger partial charge in [-0.15, -0.1) is 0 Å². The van der Waals surface area contributed by atoms with E-state index in [0.29, 0.717) is 31.1 Å². The molecule has 186 valence electrons. The fraction of sp³-hybridized carbons (Fsp3) is 0.560. The Morgan fingerprint density at radius 3 is 2.59 bits per heavy atom. The normalized spacial score (nSPS) is 18.1. The van der Waals surface area contributed by atoms with Crippen LogP contribution in [-0.4, -0.2) is 45.4 Å². The predicted molar refractivity (Wildman–Crippen MR) is 131 cm³/mol. The van der Waals surface area contributed by atoms with Crippen molar-refractivity contribution in [2.45, 2.75) is 76.5 Å². The quantitative estimate of drug-likeness (QED) is 0.328. The summed E-state index contributed by atoms with van der Waals surface area (Å²) in [5, 5.41) is 28.9. The third kappa shape index (κ3) is 6.48. The maximum Gasteiger partial charge on any atom is 0.405 e. The fourth-order valence-electron chi connectivity index (χ4n) is 4.78. The van der Waals surface area contributed by atoms with Crippen LogP contribution < -0.4 is 15.4 Å². The van der Waals surface area contributed by atoms with Crippen molar-refractivity contribution in [3.8, 4) is 5.19 Å². The van der Waals surface area contributed by atoms with Crippen molar-refractivity contribution in [1.29, 1.82) is 0 Å². The minimum Gasteiger partial charge on any atom is -0.469 e. The van der Waals surface area contributed by atoms with E-state index in [9.17, 15) is 19.8 Å². The second kappa shape index (κ2) is 11.7. The van der Waals surface area contributed by atoms with E-state index in [2.05, 4.69) is 15.6 Å². The van der Waals surface area contributed by atoms with Crippen LogP contribution in [0.1, 0.15) is 70.4 Å². The molecule has 2 unspecified atom stereocenters. The highest BCUT2D eigenvalue weighted by molar-refractivity contribution is 7.11. The van der Waals surface area contributed by atoms with Gasteiger partial charge in [0.05, 0.1) is 18.2 Å². The number of ether oxygens (including phenoxy) is 1. The summed E-state index contributed by atoms with van der Waals surface area (Å²) in [6.07, 6.45) is 3.67. The molecule has 9 heteroatoms. The zero-order valence-electron chi connectivity index (χ0n) is 19.8. The van der Waals surface area contributed by atoms with Crippen LogP contribution >= 0.6 is 11.3 Å². The molecule has 1 aliphatic carbocycles. The van der Waals surface area contributed by atoms with Gasteiger partial charge in [-0.25, -0.2) is 9.78 Å². The summed E-state index contributed by atoms with van der Waals surface area (Å²) in [6.45, 7) is 4.21. The molecule has 0 spiro atoms. The number of amides is 2. The van der Waals surface area contributed by atoms with Crippen LogP contribution in [0.5, 0.6) is 5.19 Å². The van der Waals surface area contributed by atoms with Gasteiger partial charge in [-0.3, -0.25) is 4.79 Å². The number of carbonyl (C=O) groups is 2. The largest absolute Gasteiger partial charge is 0.469 e. The molecule has 3 atom stereocenters. The van der Waals surface area contributed by atoms with Crippen LogP contribution in [0.25, 0.3) is 0 Å². The first-order valence-corrected chi connectivity index (χ1v) is 12.7. The van der Waals surface area contributed by atoms with E-state index >= 15 is 0 Å². The summed E-state index contributed by atoms with van der Waals surface area (Å²) < 4.78 is 5.92. The molecule has 1 aromatic carbocycles. The second-order valence-electron chi connectivity index (χ2n) is 9.35. The molecule has 1 aliphatic rings. The molecule has 3 rings (SSSR count). The first-order valence-electron chi connectivity index (χ1n) is 11.9. The zero-order chi connectivity index (χ0) is 24.6. The van der Waals surface area contributed by atoms with E-state index in [1.807, 2.05) is 49.6 Å². The van der Waals surface area contributed by atoms with Crippen LogP contribution in [0, 0.1) is 5.41 Å². The number of hydrogen-bond acceptors (Lipinski definition) is 6. The molecule has 1 saturated carbocycles. The Balaban J connectivity index is 1.82. The van der Waals surface area contributed by atoms with Gasteiger partial charge in [0, 0.05) is 17.0 Å². The Morgan fingerprint density at radius 2 is 2.03 bits per heavy atom. The molecule has 0 saturated heterocycles. The summed E-state index contributed by atoms with van der Waals surface area (Å²) in [4.78, 5) is 29.3. The monoisotopic (exact) mass is 489 g/mol. The summed E-state index contributed by atoms with van der Waals surface area (Å²) in [5.41, 5.74) is -0.760. The van der Waals surface area contributed by atoms with Crippen LogP contribution in [-0.2, 0) is 4.79 Å². The van der Waals surface area contributed by atoms with Crippen molar-refractivity contribution in [1.82, 2.24) is 15.6 Å². The van der Waals surface area contributed by atoms with Crippen LogP contribution in [0.3, 0.4) is 0 Å². The van der Waals surface area contributed by atoms with Gasteiger partial charge in [0.2, 0.25) is 0 Å². The van der Waals surface area contributed by atoms with E-state index in [1.165, 1.54) is 11.3 Å². The van der Waals surface area contributed by atoms with Gasteiger partial charge in [-0.1, -0.05) is 67.9 Å². The van der Waals surface area contributed by atoms with Crippen molar-refractivity contribution in [3.63, 3.8) is 0 Å². The third-order valence-corrected chi connectivity index (χ3v) is 7.46. The van der Waals surface area contributed by atoms with Crippen LogP contribution in [0.4, 0.5) is 4.79 Å². The van der Waals surface area contributed by atoms with Gasteiger partial charge >= 0.3 is 6.09 Å². The molecule has 2 aromatic rings. The molecule has 4 N–H and O–H groups in total. The van der Waals surface area contributed by atoms with Gasteiger partial charge in [-0.05, 0) is 38.2 Å². The van der Waals surface area contributed by atoms with Gasteiger partial charge < -0.3 is 25.6 Å². The first kappa shape index (κ1) is 26.0. The highest BCUT2D eigenvalue weighted by atomic mass is 32.1. The Kier molecular flexibility index (Phi) is 8.90. The Labute approximate surface area is 204 Å². The number of nitrogens with zero attached hydrogens (tertiary/aromatic N) is 1. The molecule has 2 amide bonds. The van der Waals surface area contributed by atoms with E-state index < -0.39 is 23.6 Å². The van der Waals surface area contributed by atoms with Crippen molar-refractivity contribution in [3.05, 3.63) is 47.5 Å². The minimum atomic E-state index is -1.54. The number of aromatic nitrogens is 1. The lowest BCUT2D eigenvalue weighted by Gasteiger charge is -2.49. The van der Waals surface area contributed by atoms with Crippen molar-refractivity contribution >= 4 is 23.3 Å². The smallest absolute Gasteiger partial charge is 0.405 e. The number of rotatable bonds is 13. The molecule has 0 aliphatic heterocycles. The topological polar surface area (TPSA) is 121 Å². The highest BCUT2D eigenvalue weighted by Gasteiger charge is 2.51. The number of thiazole rings is 1. The van der Waals surface area contributed by atoms with E-state index in [0.717, 1.165) is 31.2 Å². The highest BCUT2D eigenvalue weighted by Crippen LogP contribution is 2.49. The maximum absolute atomic E-state index is 13.2. The number of carbonyl (C=O) groups excluding carboxylic acids is 1. The summed E-state index contributed by atoms with van der Waals surface area (Å²) in [7, 11) is 0. The molecule has 34 heavy (non-hydrogen) atoms. The van der Waals surface area contributed by atoms with Gasteiger partial charge in [0.1, 0.15) is 0 Å². The van der Waals surface area contributed by atoms with Crippen molar-refractivity contribution in [2.75, 3.05) is 6.61 Å². The number of aliphatic hydroxyl groups excluding tert-OH is 1. The van der Waals surface area contributed by atoms with Crippen molar-refractivity contribution in [2.24, 2.45) is 5.41 Å². The summed E-state index contributed by atoms with van der Waals surface area (Å²) in [5.74, 6) is -0.587. The average molecular weight is 490 g/mol. The number of carboxylic acid groups (broad SMARTS) is 1. The molecule has 1 heterocycles. The Bertz CT molecular complexity index is 920. The maximum atomic E-state index is 13.2. The molecule has 0 radical (unpaired) electrons. The lowest BCUT2D eigenvalue weighted by molar-refractivity contribution is -0.137. The van der Waals surface area contributed by atoms with E-state index in [4.69, 9.17) is 4.74 Å². The second-order valence-corrected chi connectivity index (χ2v) is 10.2. The number of hydrogen-bond donors (Lipinski definition) is 4. The molecular formula is C25H35N3O5S. The fourth-order valence-corrected chi connectivity index (χ4v) is 5.27. The number of aliphatic hydroxyl groups is 1. The molecular weight excluding hydrogens is 454 g/mol. The molecule has 1 fully saturated rings. The van der Waals surface area contributed by atoms with Crippen LogP contribution in [0.2, 0.25) is 0 Å². The Hall–Kier alpha value is -2.65. The minimum absolute atomic E-state index is 0.311.